The van der Waals surface area contributed by atoms with Gasteiger partial charge in [-0.1, -0.05) is 11.6 Å². The number of amides is 1. The summed E-state index contributed by atoms with van der Waals surface area (Å²) in [4.78, 5) is 22.5. The average molecular weight is 385 g/mol. The summed E-state index contributed by atoms with van der Waals surface area (Å²) in [5.74, 6) is -0.143. The lowest BCUT2D eigenvalue weighted by molar-refractivity contribution is -0.136. The van der Waals surface area contributed by atoms with E-state index in [0.717, 1.165) is 44.5 Å². The number of nitrogens with zero attached hydrogens (tertiary/aromatic N) is 3. The molecule has 9 heteroatoms. The number of hydrogen-bond donors (Lipinski definition) is 1. The van der Waals surface area contributed by atoms with E-state index in [9.17, 15) is 18.0 Å². The Kier molecular flexibility index (Phi) is 5.31. The van der Waals surface area contributed by atoms with E-state index in [2.05, 4.69) is 15.3 Å². The van der Waals surface area contributed by atoms with Gasteiger partial charge in [-0.25, -0.2) is 9.97 Å². The van der Waals surface area contributed by atoms with Crippen LogP contribution in [0.3, 0.4) is 0 Å². The molecule has 2 heterocycles. The van der Waals surface area contributed by atoms with Gasteiger partial charge in [0.1, 0.15) is 17.8 Å². The lowest BCUT2D eigenvalue weighted by Crippen LogP contribution is -2.30. The molecule has 2 aromatic rings. The van der Waals surface area contributed by atoms with E-state index in [0.29, 0.717) is 5.82 Å². The molecule has 1 N–H and O–H groups in total. The molecular formula is C17H16ClF3N4O. The van der Waals surface area contributed by atoms with Crippen molar-refractivity contribution in [1.29, 1.82) is 0 Å². The van der Waals surface area contributed by atoms with Crippen molar-refractivity contribution in [2.45, 2.75) is 25.4 Å². The SMILES string of the molecule is O=C(Nc1ccc(Cl)cc1C(F)(F)F)c1cc(N2CCCCC2)ncn1. The molecule has 1 aliphatic rings. The van der Waals surface area contributed by atoms with E-state index in [1.807, 2.05) is 4.90 Å². The van der Waals surface area contributed by atoms with E-state index in [1.54, 1.807) is 0 Å². The number of halogens is 4. The maximum Gasteiger partial charge on any atom is 0.418 e. The molecule has 3 rings (SSSR count). The van der Waals surface area contributed by atoms with Crippen molar-refractivity contribution in [3.63, 3.8) is 0 Å². The summed E-state index contributed by atoms with van der Waals surface area (Å²) in [5.41, 5.74) is -1.38. The summed E-state index contributed by atoms with van der Waals surface area (Å²) in [6, 6.07) is 4.67. The van der Waals surface area contributed by atoms with E-state index >= 15 is 0 Å². The Morgan fingerprint density at radius 2 is 1.85 bits per heavy atom. The minimum absolute atomic E-state index is 0.00338. The van der Waals surface area contributed by atoms with Crippen molar-refractivity contribution in [2.75, 3.05) is 23.3 Å². The number of anilines is 2. The number of carbonyl (C=O) groups is 1. The molecule has 1 aromatic heterocycles. The first-order valence-electron chi connectivity index (χ1n) is 8.10. The molecule has 0 saturated carbocycles. The predicted molar refractivity (Wildman–Crippen MR) is 92.5 cm³/mol. The standard InChI is InChI=1S/C17H16ClF3N4O/c18-11-4-5-13(12(8-11)17(19,20)21)24-16(26)14-9-15(23-10-22-14)25-6-2-1-3-7-25/h4-5,8-10H,1-3,6-7H2,(H,24,26). The molecule has 0 radical (unpaired) electrons. The van der Waals surface area contributed by atoms with Crippen LogP contribution in [0.2, 0.25) is 5.02 Å². The highest BCUT2D eigenvalue weighted by Crippen LogP contribution is 2.36. The Hall–Kier alpha value is -2.35. The Labute approximate surface area is 153 Å². The van der Waals surface area contributed by atoms with Gasteiger partial charge in [0, 0.05) is 24.2 Å². The van der Waals surface area contributed by atoms with Crippen LogP contribution in [0.4, 0.5) is 24.7 Å². The number of benzene rings is 1. The fourth-order valence-corrected chi connectivity index (χ4v) is 2.99. The van der Waals surface area contributed by atoms with Crippen molar-refractivity contribution < 1.29 is 18.0 Å². The first-order valence-corrected chi connectivity index (χ1v) is 8.47. The Morgan fingerprint density at radius 3 is 2.54 bits per heavy atom. The predicted octanol–water partition coefficient (Wildman–Crippen LogP) is 4.39. The third-order valence-corrected chi connectivity index (χ3v) is 4.34. The molecule has 0 spiro atoms. The first-order chi connectivity index (χ1) is 12.3. The molecule has 0 unspecified atom stereocenters. The highest BCUT2D eigenvalue weighted by atomic mass is 35.5. The molecule has 1 aliphatic heterocycles. The lowest BCUT2D eigenvalue weighted by Gasteiger charge is -2.27. The van der Waals surface area contributed by atoms with E-state index in [-0.39, 0.29) is 16.4 Å². The van der Waals surface area contributed by atoms with E-state index < -0.39 is 17.6 Å². The fourth-order valence-electron chi connectivity index (χ4n) is 2.81. The maximum absolute atomic E-state index is 13.1. The molecule has 26 heavy (non-hydrogen) atoms. The Balaban J connectivity index is 1.83. The zero-order valence-electron chi connectivity index (χ0n) is 13.7. The number of piperidine rings is 1. The number of hydrogen-bond acceptors (Lipinski definition) is 4. The number of carbonyl (C=O) groups excluding carboxylic acids is 1. The highest BCUT2D eigenvalue weighted by Gasteiger charge is 2.34. The molecule has 138 valence electrons. The van der Waals surface area contributed by atoms with Crippen LogP contribution in [0.25, 0.3) is 0 Å². The van der Waals surface area contributed by atoms with Crippen LogP contribution >= 0.6 is 11.6 Å². The minimum atomic E-state index is -4.64. The molecule has 0 atom stereocenters. The zero-order chi connectivity index (χ0) is 18.7. The summed E-state index contributed by atoms with van der Waals surface area (Å²) < 4.78 is 39.4. The van der Waals surface area contributed by atoms with Crippen LogP contribution in [-0.4, -0.2) is 29.0 Å². The normalized spacial score (nSPS) is 15.0. The van der Waals surface area contributed by atoms with Gasteiger partial charge in [0.15, 0.2) is 0 Å². The topological polar surface area (TPSA) is 58.1 Å². The largest absolute Gasteiger partial charge is 0.418 e. The quantitative estimate of drug-likeness (QED) is 0.852. The average Bonchev–Trinajstić information content (AvgIpc) is 2.63. The Morgan fingerprint density at radius 1 is 1.12 bits per heavy atom. The molecule has 0 bridgehead atoms. The highest BCUT2D eigenvalue weighted by molar-refractivity contribution is 6.30. The summed E-state index contributed by atoms with van der Waals surface area (Å²) in [7, 11) is 0. The van der Waals surface area contributed by atoms with Crippen molar-refractivity contribution >= 4 is 29.0 Å². The third kappa shape index (κ3) is 4.24. The first kappa shape index (κ1) is 18.4. The van der Waals surface area contributed by atoms with Crippen molar-refractivity contribution in [2.24, 2.45) is 0 Å². The smallest absolute Gasteiger partial charge is 0.357 e. The third-order valence-electron chi connectivity index (χ3n) is 4.10. The second-order valence-electron chi connectivity index (χ2n) is 5.95. The van der Waals surface area contributed by atoms with Crippen LogP contribution in [0, 0.1) is 0 Å². The second kappa shape index (κ2) is 7.49. The van der Waals surface area contributed by atoms with Crippen LogP contribution in [-0.2, 0) is 6.18 Å². The van der Waals surface area contributed by atoms with Crippen LogP contribution in [0.5, 0.6) is 0 Å². The van der Waals surface area contributed by atoms with Crippen LogP contribution < -0.4 is 10.2 Å². The van der Waals surface area contributed by atoms with Crippen molar-refractivity contribution in [1.82, 2.24) is 9.97 Å². The molecular weight excluding hydrogens is 369 g/mol. The fraction of sp³-hybridized carbons (Fsp3) is 0.353. The molecule has 1 saturated heterocycles. The van der Waals surface area contributed by atoms with Crippen LogP contribution in [0.15, 0.2) is 30.6 Å². The molecule has 1 fully saturated rings. The summed E-state index contributed by atoms with van der Waals surface area (Å²) in [5, 5.41) is 2.20. The maximum atomic E-state index is 13.1. The van der Waals surface area contributed by atoms with E-state index in [4.69, 9.17) is 11.6 Å². The van der Waals surface area contributed by atoms with Gasteiger partial charge in [-0.15, -0.1) is 0 Å². The number of nitrogens with one attached hydrogen (secondary N) is 1. The molecule has 0 aliphatic carbocycles. The summed E-state index contributed by atoms with van der Waals surface area (Å²) >= 11 is 5.64. The van der Waals surface area contributed by atoms with Crippen LogP contribution in [0.1, 0.15) is 35.3 Å². The second-order valence-corrected chi connectivity index (χ2v) is 6.39. The van der Waals surface area contributed by atoms with Gasteiger partial charge in [0.05, 0.1) is 11.3 Å². The number of rotatable bonds is 3. The van der Waals surface area contributed by atoms with Gasteiger partial charge >= 0.3 is 6.18 Å². The summed E-state index contributed by atoms with van der Waals surface area (Å²) in [6.07, 6.45) is -0.189. The number of aromatic nitrogens is 2. The van der Waals surface area contributed by atoms with Gasteiger partial charge in [-0.3, -0.25) is 4.79 Å². The van der Waals surface area contributed by atoms with Crippen molar-refractivity contribution in [3.05, 3.63) is 46.9 Å². The summed E-state index contributed by atoms with van der Waals surface area (Å²) in [6.45, 7) is 1.65. The lowest BCUT2D eigenvalue weighted by atomic mass is 10.1. The zero-order valence-corrected chi connectivity index (χ0v) is 14.4. The van der Waals surface area contributed by atoms with Gasteiger partial charge in [0.2, 0.25) is 0 Å². The van der Waals surface area contributed by atoms with E-state index in [1.165, 1.54) is 18.5 Å². The molecule has 1 amide bonds. The number of alkyl halides is 3. The monoisotopic (exact) mass is 384 g/mol. The Bertz CT molecular complexity index is 807. The molecule has 5 nitrogen and oxygen atoms in total. The van der Waals surface area contributed by atoms with Crippen molar-refractivity contribution in [3.8, 4) is 0 Å². The minimum Gasteiger partial charge on any atom is -0.357 e. The molecule has 1 aromatic carbocycles. The van der Waals surface area contributed by atoms with Gasteiger partial charge in [-0.05, 0) is 37.5 Å². The van der Waals surface area contributed by atoms with Gasteiger partial charge in [-0.2, -0.15) is 13.2 Å². The van der Waals surface area contributed by atoms with Gasteiger partial charge in [0.25, 0.3) is 5.91 Å². The van der Waals surface area contributed by atoms with Gasteiger partial charge < -0.3 is 10.2 Å².